The van der Waals surface area contributed by atoms with Crippen LogP contribution in [0.4, 0.5) is 0 Å². The van der Waals surface area contributed by atoms with Crippen LogP contribution in [-0.2, 0) is 77.8 Å². The van der Waals surface area contributed by atoms with Crippen molar-refractivity contribution in [3.63, 3.8) is 0 Å². The summed E-state index contributed by atoms with van der Waals surface area (Å²) in [7, 11) is 1.17. The van der Waals surface area contributed by atoms with Gasteiger partial charge < -0.3 is 52.1 Å². The van der Waals surface area contributed by atoms with E-state index in [1.165, 1.54) is 7.11 Å². The summed E-state index contributed by atoms with van der Waals surface area (Å²) in [6.07, 6.45) is -6.05. The van der Waals surface area contributed by atoms with Crippen LogP contribution in [0.3, 0.4) is 0 Å². The number of benzene rings is 1. The zero-order chi connectivity index (χ0) is 37.9. The van der Waals surface area contributed by atoms with Crippen molar-refractivity contribution in [2.24, 2.45) is 5.92 Å². The van der Waals surface area contributed by atoms with Crippen molar-refractivity contribution in [2.45, 2.75) is 84.5 Å². The van der Waals surface area contributed by atoms with E-state index in [1.54, 1.807) is 19.1 Å². The summed E-state index contributed by atoms with van der Waals surface area (Å²) >= 11 is 0. The molecule has 3 heterocycles. The highest BCUT2D eigenvalue weighted by Crippen LogP contribution is 2.38. The molecule has 1 aromatic carbocycles. The Hall–Kier alpha value is -5.16. The van der Waals surface area contributed by atoms with Crippen molar-refractivity contribution in [1.29, 1.82) is 0 Å². The predicted octanol–water partition coefficient (Wildman–Crippen LogP) is 2.01. The van der Waals surface area contributed by atoms with Crippen LogP contribution in [0.25, 0.3) is 0 Å². The first-order chi connectivity index (χ1) is 24.8. The van der Waals surface area contributed by atoms with Gasteiger partial charge in [0.15, 0.2) is 29.8 Å². The number of carbonyl (C=O) groups excluding carboxylic acids is 6. The van der Waals surface area contributed by atoms with E-state index in [1.807, 2.05) is 12.1 Å². The second-order valence-corrected chi connectivity index (χ2v) is 11.7. The second kappa shape index (κ2) is 18.4. The van der Waals surface area contributed by atoms with Crippen molar-refractivity contribution >= 4 is 35.8 Å². The van der Waals surface area contributed by atoms with Gasteiger partial charge >= 0.3 is 35.8 Å². The normalized spacial score (nSPS) is 25.8. The van der Waals surface area contributed by atoms with Gasteiger partial charge in [-0.1, -0.05) is 12.1 Å². The zero-order valence-electron chi connectivity index (χ0n) is 29.6. The lowest BCUT2D eigenvalue weighted by atomic mass is 9.86. The molecule has 1 aromatic rings. The fraction of sp³-hybridized carbons (Fsp3) is 0.543. The van der Waals surface area contributed by atoms with Crippen molar-refractivity contribution in [1.82, 2.24) is 0 Å². The average molecular weight is 735 g/mol. The fourth-order valence-corrected chi connectivity index (χ4v) is 5.80. The number of rotatable bonds is 13. The molecule has 17 heteroatoms. The molecule has 0 saturated carbocycles. The Bertz CT molecular complexity index is 1560. The molecule has 1 saturated heterocycles. The molecule has 284 valence electrons. The first-order valence-electron chi connectivity index (χ1n) is 16.4. The summed E-state index contributed by atoms with van der Waals surface area (Å²) in [5, 5.41) is 0. The van der Waals surface area contributed by atoms with Crippen molar-refractivity contribution in [2.75, 3.05) is 33.5 Å². The number of esters is 6. The Morgan fingerprint density at radius 1 is 0.827 bits per heavy atom. The molecule has 0 radical (unpaired) electrons. The molecule has 0 N–H and O–H groups in total. The predicted molar refractivity (Wildman–Crippen MR) is 172 cm³/mol. The summed E-state index contributed by atoms with van der Waals surface area (Å²) in [4.78, 5) is 74.3. The van der Waals surface area contributed by atoms with Crippen LogP contribution >= 0.6 is 0 Å². The maximum absolute atomic E-state index is 13.2. The van der Waals surface area contributed by atoms with E-state index in [0.717, 1.165) is 39.5 Å². The van der Waals surface area contributed by atoms with Crippen LogP contribution in [0.2, 0.25) is 0 Å². The Morgan fingerprint density at radius 3 is 2.12 bits per heavy atom. The molecule has 0 bridgehead atoms. The van der Waals surface area contributed by atoms with Gasteiger partial charge in [0.2, 0.25) is 12.6 Å². The molecule has 1 fully saturated rings. The van der Waals surface area contributed by atoms with E-state index in [9.17, 15) is 28.8 Å². The van der Waals surface area contributed by atoms with Crippen LogP contribution in [0.15, 0.2) is 41.7 Å². The molecule has 3 aliphatic heterocycles. The SMILES string of the molecule is C/C=C1/[C@H](O[C@@H]2O[C@H](COC(C)=O)[C@@H](OC(C)=O)[C@H](OC(C)=O)[C@H]2OC(C)=O)OC=C(C(=O)OC)[C@H]1CC(=O)OCCc1ccc2c(c1)OCCO2. The van der Waals surface area contributed by atoms with Crippen molar-refractivity contribution in [3.8, 4) is 11.5 Å². The van der Waals surface area contributed by atoms with E-state index >= 15 is 0 Å². The van der Waals surface area contributed by atoms with Crippen LogP contribution in [0.5, 0.6) is 11.5 Å². The smallest absolute Gasteiger partial charge is 0.337 e. The maximum atomic E-state index is 13.2. The monoisotopic (exact) mass is 734 g/mol. The van der Waals surface area contributed by atoms with E-state index in [-0.39, 0.29) is 24.2 Å². The van der Waals surface area contributed by atoms with Gasteiger partial charge in [-0.25, -0.2) is 4.79 Å². The average Bonchev–Trinajstić information content (AvgIpc) is 3.09. The Balaban J connectivity index is 1.56. The van der Waals surface area contributed by atoms with Gasteiger partial charge in [-0.3, -0.25) is 24.0 Å². The van der Waals surface area contributed by atoms with E-state index in [4.69, 9.17) is 52.1 Å². The number of hydrogen-bond acceptors (Lipinski definition) is 17. The van der Waals surface area contributed by atoms with Crippen LogP contribution < -0.4 is 9.47 Å². The van der Waals surface area contributed by atoms with Crippen LogP contribution in [0, 0.1) is 5.92 Å². The molecular formula is C35H42O17. The molecule has 17 nitrogen and oxygen atoms in total. The lowest BCUT2D eigenvalue weighted by Crippen LogP contribution is -2.63. The Morgan fingerprint density at radius 2 is 1.48 bits per heavy atom. The number of ether oxygens (including phenoxy) is 11. The van der Waals surface area contributed by atoms with Gasteiger partial charge in [0.05, 0.1) is 32.0 Å². The highest BCUT2D eigenvalue weighted by Gasteiger charge is 2.54. The molecule has 0 spiro atoms. The number of carbonyl (C=O) groups is 6. The molecule has 52 heavy (non-hydrogen) atoms. The van der Waals surface area contributed by atoms with Crippen LogP contribution in [-0.4, -0.2) is 106 Å². The molecular weight excluding hydrogens is 692 g/mol. The van der Waals surface area contributed by atoms with Gasteiger partial charge in [0.25, 0.3) is 0 Å². The van der Waals surface area contributed by atoms with Gasteiger partial charge in [0, 0.05) is 45.6 Å². The van der Waals surface area contributed by atoms with Gasteiger partial charge in [-0.2, -0.15) is 0 Å². The number of allylic oxidation sites excluding steroid dienone is 1. The maximum Gasteiger partial charge on any atom is 0.337 e. The third kappa shape index (κ3) is 10.4. The van der Waals surface area contributed by atoms with Gasteiger partial charge in [0.1, 0.15) is 25.9 Å². The van der Waals surface area contributed by atoms with Gasteiger partial charge in [-0.05, 0) is 24.6 Å². The second-order valence-electron chi connectivity index (χ2n) is 11.7. The summed E-state index contributed by atoms with van der Waals surface area (Å²) in [5.41, 5.74) is 1.10. The van der Waals surface area contributed by atoms with Gasteiger partial charge in [-0.15, -0.1) is 0 Å². The first kappa shape index (κ1) is 39.6. The number of methoxy groups -OCH3 is 1. The number of fused-ring (bicyclic) bond motifs is 1. The topological polar surface area (TPSA) is 204 Å². The Labute approximate surface area is 299 Å². The summed E-state index contributed by atoms with van der Waals surface area (Å²) in [6, 6.07) is 5.43. The number of hydrogen-bond donors (Lipinski definition) is 0. The molecule has 0 aromatic heterocycles. The Kier molecular flexibility index (Phi) is 14.0. The fourth-order valence-electron chi connectivity index (χ4n) is 5.80. The lowest BCUT2D eigenvalue weighted by Gasteiger charge is -2.45. The minimum atomic E-state index is -1.60. The molecule has 4 rings (SSSR count). The molecule has 0 unspecified atom stereocenters. The summed E-state index contributed by atoms with van der Waals surface area (Å²) < 4.78 is 61.1. The highest BCUT2D eigenvalue weighted by molar-refractivity contribution is 5.90. The highest BCUT2D eigenvalue weighted by atomic mass is 16.8. The quantitative estimate of drug-likeness (QED) is 0.161. The van der Waals surface area contributed by atoms with E-state index in [0.29, 0.717) is 31.1 Å². The molecule has 0 aliphatic carbocycles. The zero-order valence-corrected chi connectivity index (χ0v) is 29.6. The molecule has 0 amide bonds. The van der Waals surface area contributed by atoms with E-state index < -0.39 is 85.3 Å². The first-order valence-corrected chi connectivity index (χ1v) is 16.4. The minimum Gasteiger partial charge on any atom is -0.486 e. The molecule has 3 aliphatic rings. The van der Waals surface area contributed by atoms with E-state index in [2.05, 4.69) is 0 Å². The largest absolute Gasteiger partial charge is 0.486 e. The third-order valence-corrected chi connectivity index (χ3v) is 7.96. The summed E-state index contributed by atoms with van der Waals surface area (Å²) in [6.45, 7) is 6.46. The third-order valence-electron chi connectivity index (χ3n) is 7.96. The van der Waals surface area contributed by atoms with Crippen molar-refractivity contribution in [3.05, 3.63) is 47.2 Å². The standard InChI is InChI=1S/C35H42O17/c1-7-23-24(15-29(40)45-11-10-22-8-9-26-27(14-22)44-13-12-43-26)25(33(41)42-6)16-47-34(23)52-35-32(50-21(5)39)31(49-20(4)38)30(48-19(3)37)28(51-35)17-46-18(2)36/h7-9,14,16,24,28,30-32,34-35H,10-13,15,17H2,1-6H3/b23-7+/t24-,28+,30+,31-,32+,34-,35-/m0/s1. The van der Waals surface area contributed by atoms with Crippen molar-refractivity contribution < 1.29 is 80.9 Å². The van der Waals surface area contributed by atoms with Crippen LogP contribution in [0.1, 0.15) is 46.6 Å². The summed E-state index contributed by atoms with van der Waals surface area (Å²) in [5.74, 6) is -4.31. The molecule has 7 atom stereocenters. The minimum absolute atomic E-state index is 0.0132. The lowest BCUT2D eigenvalue weighted by molar-refractivity contribution is -0.331.